The van der Waals surface area contributed by atoms with Crippen LogP contribution in [0.2, 0.25) is 0 Å². The van der Waals surface area contributed by atoms with Crippen molar-refractivity contribution in [1.29, 1.82) is 0 Å². The lowest BCUT2D eigenvalue weighted by Gasteiger charge is -1.80. The van der Waals surface area contributed by atoms with Gasteiger partial charge in [-0.2, -0.15) is 0 Å². The number of nitrogens with zero attached hydrogens (tertiary/aromatic N) is 1. The molecule has 1 aliphatic rings. The highest BCUT2D eigenvalue weighted by Crippen LogP contribution is 2.26. The number of hydrogen-bond acceptors (Lipinski definition) is 2. The quantitative estimate of drug-likeness (QED) is 0.374. The molecule has 0 aromatic carbocycles. The fraction of sp³-hybridized carbons (Fsp3) is 0.800. The third-order valence-electron chi connectivity index (χ3n) is 0.999. The largest absolute Gasteiger partial charge is 0.399 e. The zero-order chi connectivity index (χ0) is 5.11. The lowest BCUT2D eigenvalue weighted by atomic mass is 10.5. The topological polar surface area (TPSA) is 21.6 Å². The van der Waals surface area contributed by atoms with E-state index in [9.17, 15) is 0 Å². The standard InChI is InChI=1S/C5H9NO/c1-7-6-4-5-2-3-5/h4-5H,2-3H2,1H3/b6-4+. The molecule has 0 radical (unpaired) electrons. The van der Waals surface area contributed by atoms with Crippen LogP contribution in [0.3, 0.4) is 0 Å². The second-order valence-electron chi connectivity index (χ2n) is 1.77. The summed E-state index contributed by atoms with van der Waals surface area (Å²) in [5.41, 5.74) is 0. The van der Waals surface area contributed by atoms with E-state index in [-0.39, 0.29) is 0 Å². The van der Waals surface area contributed by atoms with Gasteiger partial charge in [-0.05, 0) is 18.8 Å². The van der Waals surface area contributed by atoms with Crippen LogP contribution in [0.1, 0.15) is 12.8 Å². The van der Waals surface area contributed by atoms with Crippen LogP contribution in [0.25, 0.3) is 0 Å². The monoisotopic (exact) mass is 99.1 g/mol. The molecule has 2 nitrogen and oxygen atoms in total. The van der Waals surface area contributed by atoms with Gasteiger partial charge in [0.1, 0.15) is 7.11 Å². The molecule has 0 aliphatic heterocycles. The highest BCUT2D eigenvalue weighted by molar-refractivity contribution is 5.62. The Bertz CT molecular complexity index is 76.1. The molecule has 0 aromatic rings. The van der Waals surface area contributed by atoms with E-state index in [1.54, 1.807) is 7.11 Å². The van der Waals surface area contributed by atoms with Crippen LogP contribution in [0.15, 0.2) is 5.16 Å². The number of rotatable bonds is 2. The molecule has 1 fully saturated rings. The first-order valence-electron chi connectivity index (χ1n) is 2.50. The smallest absolute Gasteiger partial charge is 0.106 e. The Balaban J connectivity index is 2.05. The molecule has 1 aliphatic carbocycles. The molecular weight excluding hydrogens is 90.1 g/mol. The maximum absolute atomic E-state index is 4.46. The summed E-state index contributed by atoms with van der Waals surface area (Å²) in [5, 5.41) is 3.61. The summed E-state index contributed by atoms with van der Waals surface area (Å²) in [5.74, 6) is 0.736. The summed E-state index contributed by atoms with van der Waals surface area (Å²) in [6, 6.07) is 0. The highest BCUT2D eigenvalue weighted by Gasteiger charge is 2.18. The zero-order valence-electron chi connectivity index (χ0n) is 4.42. The highest BCUT2D eigenvalue weighted by atomic mass is 16.6. The van der Waals surface area contributed by atoms with E-state index in [1.165, 1.54) is 12.8 Å². The summed E-state index contributed by atoms with van der Waals surface area (Å²) in [7, 11) is 1.57. The van der Waals surface area contributed by atoms with Gasteiger partial charge in [0, 0.05) is 6.21 Å². The Morgan fingerprint density at radius 1 is 1.71 bits per heavy atom. The SMILES string of the molecule is CO/N=C/C1CC1. The van der Waals surface area contributed by atoms with Crippen molar-refractivity contribution in [3.05, 3.63) is 0 Å². The van der Waals surface area contributed by atoms with Crippen molar-refractivity contribution in [3.63, 3.8) is 0 Å². The number of oxime groups is 1. The first-order chi connectivity index (χ1) is 3.43. The fourth-order valence-corrected chi connectivity index (χ4v) is 0.392. The second-order valence-corrected chi connectivity index (χ2v) is 1.77. The van der Waals surface area contributed by atoms with Gasteiger partial charge in [0.15, 0.2) is 0 Å². The minimum absolute atomic E-state index is 0.736. The first-order valence-corrected chi connectivity index (χ1v) is 2.50. The fourth-order valence-electron chi connectivity index (χ4n) is 0.392. The average Bonchev–Trinajstić information content (AvgIpc) is 2.42. The normalized spacial score (nSPS) is 20.7. The van der Waals surface area contributed by atoms with Gasteiger partial charge in [0.05, 0.1) is 0 Å². The van der Waals surface area contributed by atoms with Crippen molar-refractivity contribution < 1.29 is 4.84 Å². The van der Waals surface area contributed by atoms with Crippen LogP contribution in [0, 0.1) is 5.92 Å². The molecule has 2 heteroatoms. The maximum atomic E-state index is 4.46. The molecule has 7 heavy (non-hydrogen) atoms. The molecular formula is C5H9NO. The predicted molar refractivity (Wildman–Crippen MR) is 28.2 cm³/mol. The molecule has 40 valence electrons. The molecule has 0 amide bonds. The Labute approximate surface area is 43.2 Å². The van der Waals surface area contributed by atoms with E-state index in [2.05, 4.69) is 9.99 Å². The Kier molecular flexibility index (Phi) is 1.29. The van der Waals surface area contributed by atoms with Gasteiger partial charge < -0.3 is 4.84 Å². The molecule has 1 saturated carbocycles. The third-order valence-corrected chi connectivity index (χ3v) is 0.999. The van der Waals surface area contributed by atoms with Crippen molar-refractivity contribution in [1.82, 2.24) is 0 Å². The van der Waals surface area contributed by atoms with Gasteiger partial charge in [-0.1, -0.05) is 5.16 Å². The summed E-state index contributed by atoms with van der Waals surface area (Å²) >= 11 is 0. The summed E-state index contributed by atoms with van der Waals surface area (Å²) in [6.07, 6.45) is 4.46. The van der Waals surface area contributed by atoms with Gasteiger partial charge in [-0.25, -0.2) is 0 Å². The zero-order valence-corrected chi connectivity index (χ0v) is 4.42. The van der Waals surface area contributed by atoms with Crippen LogP contribution < -0.4 is 0 Å². The minimum Gasteiger partial charge on any atom is -0.399 e. The van der Waals surface area contributed by atoms with Crippen LogP contribution in [0.5, 0.6) is 0 Å². The average molecular weight is 99.1 g/mol. The molecule has 0 heterocycles. The summed E-state index contributed by atoms with van der Waals surface area (Å²) < 4.78 is 0. The minimum atomic E-state index is 0.736. The van der Waals surface area contributed by atoms with Crippen LogP contribution in [-0.4, -0.2) is 13.3 Å². The van der Waals surface area contributed by atoms with E-state index < -0.39 is 0 Å². The number of hydrogen-bond donors (Lipinski definition) is 0. The third kappa shape index (κ3) is 1.57. The van der Waals surface area contributed by atoms with Gasteiger partial charge in [-0.3, -0.25) is 0 Å². The summed E-state index contributed by atoms with van der Waals surface area (Å²) in [6.45, 7) is 0. The van der Waals surface area contributed by atoms with Crippen molar-refractivity contribution in [2.45, 2.75) is 12.8 Å². The van der Waals surface area contributed by atoms with E-state index in [0.29, 0.717) is 0 Å². The maximum Gasteiger partial charge on any atom is 0.106 e. The van der Waals surface area contributed by atoms with Crippen LogP contribution in [-0.2, 0) is 4.84 Å². The molecule has 1 rings (SSSR count). The Hall–Kier alpha value is -0.530. The van der Waals surface area contributed by atoms with Crippen molar-refractivity contribution in [3.8, 4) is 0 Å². The molecule has 0 spiro atoms. The second kappa shape index (κ2) is 1.96. The van der Waals surface area contributed by atoms with Crippen LogP contribution >= 0.6 is 0 Å². The van der Waals surface area contributed by atoms with Gasteiger partial charge in [-0.15, -0.1) is 0 Å². The molecule has 0 saturated heterocycles. The van der Waals surface area contributed by atoms with E-state index in [0.717, 1.165) is 5.92 Å². The van der Waals surface area contributed by atoms with E-state index in [1.807, 2.05) is 6.21 Å². The molecule has 0 N–H and O–H groups in total. The Morgan fingerprint density at radius 3 is 2.86 bits per heavy atom. The lowest BCUT2D eigenvalue weighted by Crippen LogP contribution is -1.75. The lowest BCUT2D eigenvalue weighted by molar-refractivity contribution is 0.214. The van der Waals surface area contributed by atoms with Crippen molar-refractivity contribution in [2.75, 3.05) is 7.11 Å². The predicted octanol–water partition coefficient (Wildman–Crippen LogP) is 1.03. The van der Waals surface area contributed by atoms with Crippen molar-refractivity contribution in [2.24, 2.45) is 11.1 Å². The van der Waals surface area contributed by atoms with E-state index in [4.69, 9.17) is 0 Å². The molecule has 0 aromatic heterocycles. The molecule has 0 bridgehead atoms. The molecule has 0 atom stereocenters. The molecule has 0 unspecified atom stereocenters. The van der Waals surface area contributed by atoms with Crippen LogP contribution in [0.4, 0.5) is 0 Å². The first kappa shape index (κ1) is 4.62. The van der Waals surface area contributed by atoms with Gasteiger partial charge in [0.25, 0.3) is 0 Å². The van der Waals surface area contributed by atoms with Gasteiger partial charge >= 0.3 is 0 Å². The summed E-state index contributed by atoms with van der Waals surface area (Å²) in [4.78, 5) is 4.46. The van der Waals surface area contributed by atoms with E-state index >= 15 is 0 Å². The van der Waals surface area contributed by atoms with Crippen molar-refractivity contribution >= 4 is 6.21 Å². The Morgan fingerprint density at radius 2 is 2.43 bits per heavy atom. The van der Waals surface area contributed by atoms with Gasteiger partial charge in [0.2, 0.25) is 0 Å².